The topological polar surface area (TPSA) is 80.9 Å². The Hall–Kier alpha value is -1.79. The van der Waals surface area contributed by atoms with Crippen molar-refractivity contribution in [2.75, 3.05) is 32.7 Å². The molecule has 0 aliphatic carbocycles. The SMILES string of the molecule is COCCN=C(NN)Nc1ccc(OC)cc1. The number of hydrogen-bond donors (Lipinski definition) is 3. The van der Waals surface area contributed by atoms with Gasteiger partial charge in [0.2, 0.25) is 5.96 Å². The standard InChI is InChI=1S/C11H18N4O2/c1-16-8-7-13-11(15-12)14-9-3-5-10(17-2)6-4-9/h3-6H,7-8,12H2,1-2H3,(H2,13,14,15). The van der Waals surface area contributed by atoms with E-state index in [4.69, 9.17) is 15.3 Å². The molecule has 1 aromatic carbocycles. The summed E-state index contributed by atoms with van der Waals surface area (Å²) in [6.45, 7) is 1.09. The van der Waals surface area contributed by atoms with Crippen molar-refractivity contribution in [1.82, 2.24) is 5.43 Å². The first-order valence-electron chi connectivity index (χ1n) is 5.21. The van der Waals surface area contributed by atoms with Gasteiger partial charge in [0, 0.05) is 12.8 Å². The molecule has 0 atom stereocenters. The Labute approximate surface area is 101 Å². The molecule has 0 unspecified atom stereocenters. The highest BCUT2D eigenvalue weighted by Crippen LogP contribution is 2.14. The molecule has 0 heterocycles. The lowest BCUT2D eigenvalue weighted by Crippen LogP contribution is -2.36. The van der Waals surface area contributed by atoms with Crippen molar-refractivity contribution < 1.29 is 9.47 Å². The number of aliphatic imine (C=N–C) groups is 1. The molecule has 17 heavy (non-hydrogen) atoms. The number of anilines is 1. The molecule has 0 radical (unpaired) electrons. The zero-order valence-electron chi connectivity index (χ0n) is 10.1. The molecule has 6 heteroatoms. The summed E-state index contributed by atoms with van der Waals surface area (Å²) < 4.78 is 9.96. The van der Waals surface area contributed by atoms with Crippen LogP contribution in [0.1, 0.15) is 0 Å². The first kappa shape index (κ1) is 13.3. The highest BCUT2D eigenvalue weighted by atomic mass is 16.5. The Morgan fingerprint density at radius 3 is 2.53 bits per heavy atom. The summed E-state index contributed by atoms with van der Waals surface area (Å²) in [7, 11) is 3.25. The molecule has 0 fully saturated rings. The number of nitrogens with two attached hydrogens (primary N) is 1. The monoisotopic (exact) mass is 238 g/mol. The second kappa shape index (κ2) is 7.48. The van der Waals surface area contributed by atoms with Gasteiger partial charge in [0.05, 0.1) is 20.3 Å². The molecule has 6 nitrogen and oxygen atoms in total. The van der Waals surface area contributed by atoms with E-state index in [-0.39, 0.29) is 0 Å². The number of methoxy groups -OCH3 is 2. The normalized spacial score (nSPS) is 11.1. The predicted octanol–water partition coefficient (Wildman–Crippen LogP) is 0.573. The maximum atomic E-state index is 5.35. The Morgan fingerprint density at radius 2 is 2.00 bits per heavy atom. The van der Waals surface area contributed by atoms with Gasteiger partial charge < -0.3 is 14.8 Å². The van der Waals surface area contributed by atoms with Gasteiger partial charge in [0.15, 0.2) is 0 Å². The number of rotatable bonds is 5. The van der Waals surface area contributed by atoms with Crippen LogP contribution in [0.3, 0.4) is 0 Å². The number of nitrogens with zero attached hydrogens (tertiary/aromatic N) is 1. The smallest absolute Gasteiger partial charge is 0.210 e. The van der Waals surface area contributed by atoms with Crippen LogP contribution in [-0.4, -0.2) is 33.3 Å². The minimum absolute atomic E-state index is 0.493. The first-order chi connectivity index (χ1) is 8.30. The predicted molar refractivity (Wildman–Crippen MR) is 68.1 cm³/mol. The van der Waals surface area contributed by atoms with Gasteiger partial charge in [0.1, 0.15) is 5.75 Å². The van der Waals surface area contributed by atoms with Gasteiger partial charge in [0.25, 0.3) is 0 Å². The zero-order chi connectivity index (χ0) is 12.5. The molecular weight excluding hydrogens is 220 g/mol. The maximum absolute atomic E-state index is 5.35. The van der Waals surface area contributed by atoms with Crippen molar-refractivity contribution >= 4 is 11.6 Å². The molecule has 0 aromatic heterocycles. The van der Waals surface area contributed by atoms with Crippen LogP contribution in [0.4, 0.5) is 5.69 Å². The van der Waals surface area contributed by atoms with Crippen LogP contribution in [0.5, 0.6) is 5.75 Å². The molecule has 0 spiro atoms. The van der Waals surface area contributed by atoms with Crippen LogP contribution in [0, 0.1) is 0 Å². The lowest BCUT2D eigenvalue weighted by Gasteiger charge is -2.09. The molecule has 0 amide bonds. The molecule has 1 rings (SSSR count). The van der Waals surface area contributed by atoms with E-state index in [0.29, 0.717) is 19.1 Å². The van der Waals surface area contributed by atoms with E-state index in [1.807, 2.05) is 24.3 Å². The Morgan fingerprint density at radius 1 is 1.29 bits per heavy atom. The fraction of sp³-hybridized carbons (Fsp3) is 0.364. The summed E-state index contributed by atoms with van der Waals surface area (Å²) in [6.07, 6.45) is 0. The van der Waals surface area contributed by atoms with E-state index in [9.17, 15) is 0 Å². The average molecular weight is 238 g/mol. The van der Waals surface area contributed by atoms with Crippen LogP contribution in [0.15, 0.2) is 29.3 Å². The molecule has 0 aliphatic rings. The van der Waals surface area contributed by atoms with E-state index in [0.717, 1.165) is 11.4 Å². The second-order valence-corrected chi connectivity index (χ2v) is 3.22. The van der Waals surface area contributed by atoms with Crippen molar-refractivity contribution in [2.24, 2.45) is 10.8 Å². The number of guanidine groups is 1. The van der Waals surface area contributed by atoms with E-state index >= 15 is 0 Å². The fourth-order valence-corrected chi connectivity index (χ4v) is 1.18. The van der Waals surface area contributed by atoms with Crippen LogP contribution >= 0.6 is 0 Å². The summed E-state index contributed by atoms with van der Waals surface area (Å²) in [5.74, 6) is 6.64. The number of ether oxygens (including phenoxy) is 2. The molecule has 4 N–H and O–H groups in total. The van der Waals surface area contributed by atoms with Crippen molar-refractivity contribution in [1.29, 1.82) is 0 Å². The van der Waals surface area contributed by atoms with Gasteiger partial charge in [-0.25, -0.2) is 10.8 Å². The third kappa shape index (κ3) is 4.71. The molecule has 0 saturated carbocycles. The van der Waals surface area contributed by atoms with Crippen LogP contribution in [-0.2, 0) is 4.74 Å². The Bertz CT molecular complexity index is 351. The minimum atomic E-state index is 0.493. The van der Waals surface area contributed by atoms with Gasteiger partial charge in [-0.15, -0.1) is 0 Å². The maximum Gasteiger partial charge on any atom is 0.210 e. The van der Waals surface area contributed by atoms with Gasteiger partial charge in [-0.1, -0.05) is 0 Å². The summed E-state index contributed by atoms with van der Waals surface area (Å²) in [5.41, 5.74) is 3.37. The van der Waals surface area contributed by atoms with Crippen molar-refractivity contribution in [3.63, 3.8) is 0 Å². The van der Waals surface area contributed by atoms with Gasteiger partial charge in [-0.05, 0) is 24.3 Å². The van der Waals surface area contributed by atoms with E-state index in [2.05, 4.69) is 15.7 Å². The van der Waals surface area contributed by atoms with Crippen molar-refractivity contribution in [3.8, 4) is 5.75 Å². The number of nitrogens with one attached hydrogen (secondary N) is 2. The lowest BCUT2D eigenvalue weighted by atomic mass is 10.3. The van der Waals surface area contributed by atoms with Gasteiger partial charge in [-0.2, -0.15) is 0 Å². The summed E-state index contributed by atoms with van der Waals surface area (Å²) >= 11 is 0. The number of hydrazine groups is 1. The molecule has 1 aromatic rings. The molecule has 0 bridgehead atoms. The highest BCUT2D eigenvalue weighted by molar-refractivity contribution is 5.93. The second-order valence-electron chi connectivity index (χ2n) is 3.22. The average Bonchev–Trinajstić information content (AvgIpc) is 2.38. The molecular formula is C11H18N4O2. The molecule has 0 saturated heterocycles. The lowest BCUT2D eigenvalue weighted by molar-refractivity contribution is 0.208. The first-order valence-corrected chi connectivity index (χ1v) is 5.21. The van der Waals surface area contributed by atoms with Crippen LogP contribution < -0.4 is 21.3 Å². The molecule has 0 aliphatic heterocycles. The van der Waals surface area contributed by atoms with Crippen LogP contribution in [0.25, 0.3) is 0 Å². The zero-order valence-corrected chi connectivity index (χ0v) is 10.1. The third-order valence-electron chi connectivity index (χ3n) is 2.05. The summed E-state index contributed by atoms with van der Waals surface area (Å²) in [6, 6.07) is 7.46. The van der Waals surface area contributed by atoms with Gasteiger partial charge in [-0.3, -0.25) is 5.43 Å². The Kier molecular flexibility index (Phi) is 5.84. The van der Waals surface area contributed by atoms with Gasteiger partial charge >= 0.3 is 0 Å². The number of hydrogen-bond acceptors (Lipinski definition) is 4. The quantitative estimate of drug-likeness (QED) is 0.230. The minimum Gasteiger partial charge on any atom is -0.497 e. The van der Waals surface area contributed by atoms with E-state index in [1.165, 1.54) is 0 Å². The third-order valence-corrected chi connectivity index (χ3v) is 2.05. The molecule has 94 valence electrons. The van der Waals surface area contributed by atoms with Crippen molar-refractivity contribution in [3.05, 3.63) is 24.3 Å². The highest BCUT2D eigenvalue weighted by Gasteiger charge is 1.98. The largest absolute Gasteiger partial charge is 0.497 e. The fourth-order valence-electron chi connectivity index (χ4n) is 1.18. The van der Waals surface area contributed by atoms with Crippen LogP contribution in [0.2, 0.25) is 0 Å². The van der Waals surface area contributed by atoms with E-state index in [1.54, 1.807) is 14.2 Å². The summed E-state index contributed by atoms with van der Waals surface area (Å²) in [5, 5.41) is 3.04. The summed E-state index contributed by atoms with van der Waals surface area (Å²) in [4.78, 5) is 4.18. The number of benzene rings is 1. The van der Waals surface area contributed by atoms with Crippen molar-refractivity contribution in [2.45, 2.75) is 0 Å². The Balaban J connectivity index is 2.57. The van der Waals surface area contributed by atoms with E-state index < -0.39 is 0 Å².